The molecule has 0 aliphatic heterocycles. The smallest absolute Gasteiger partial charge is 0.241 e. The Labute approximate surface area is 103 Å². The molecule has 0 spiro atoms. The van der Waals surface area contributed by atoms with Crippen LogP contribution in [-0.4, -0.2) is 14.5 Å². The van der Waals surface area contributed by atoms with E-state index in [1.54, 1.807) is 26.0 Å². The van der Waals surface area contributed by atoms with Crippen LogP contribution in [0, 0.1) is 13.8 Å². The molecule has 0 amide bonds. The summed E-state index contributed by atoms with van der Waals surface area (Å²) in [7, 11) is -3.54. The van der Waals surface area contributed by atoms with Crippen LogP contribution < -0.4 is 10.5 Å². The van der Waals surface area contributed by atoms with E-state index in [1.165, 1.54) is 6.08 Å². The van der Waals surface area contributed by atoms with Crippen LogP contribution in [0.4, 0.5) is 5.69 Å². The van der Waals surface area contributed by atoms with Crippen molar-refractivity contribution in [2.75, 3.05) is 5.73 Å². The van der Waals surface area contributed by atoms with Gasteiger partial charge in [-0.1, -0.05) is 12.1 Å². The number of aryl methyl sites for hydroxylation is 1. The van der Waals surface area contributed by atoms with Gasteiger partial charge in [-0.05, 0) is 38.0 Å². The quantitative estimate of drug-likeness (QED) is 0.635. The molecule has 0 bridgehead atoms. The molecular formula is C12H18N2O2S. The van der Waals surface area contributed by atoms with Crippen molar-refractivity contribution in [3.63, 3.8) is 0 Å². The van der Waals surface area contributed by atoms with E-state index in [0.29, 0.717) is 11.3 Å². The van der Waals surface area contributed by atoms with Crippen LogP contribution in [0.3, 0.4) is 0 Å². The monoisotopic (exact) mass is 254 g/mol. The molecule has 0 fully saturated rings. The van der Waals surface area contributed by atoms with E-state index in [0.717, 1.165) is 5.56 Å². The van der Waals surface area contributed by atoms with Gasteiger partial charge in [0, 0.05) is 11.7 Å². The number of nitrogens with one attached hydrogen (secondary N) is 1. The molecule has 0 heterocycles. The van der Waals surface area contributed by atoms with Crippen LogP contribution in [0.1, 0.15) is 18.1 Å². The predicted molar refractivity (Wildman–Crippen MR) is 70.3 cm³/mol. The van der Waals surface area contributed by atoms with E-state index in [2.05, 4.69) is 11.3 Å². The van der Waals surface area contributed by atoms with E-state index in [4.69, 9.17) is 5.73 Å². The summed E-state index contributed by atoms with van der Waals surface area (Å²) in [5.41, 5.74) is 7.79. The first-order valence-electron chi connectivity index (χ1n) is 5.30. The molecular weight excluding hydrogens is 236 g/mol. The minimum Gasteiger partial charge on any atom is -0.398 e. The SMILES string of the molecule is C=CC(C)NS(=O)(=O)c1ccc(C)c(N)c1C. The van der Waals surface area contributed by atoms with Gasteiger partial charge in [0.2, 0.25) is 10.0 Å². The topological polar surface area (TPSA) is 72.2 Å². The lowest BCUT2D eigenvalue weighted by atomic mass is 10.1. The van der Waals surface area contributed by atoms with Crippen molar-refractivity contribution in [3.05, 3.63) is 35.9 Å². The summed E-state index contributed by atoms with van der Waals surface area (Å²) in [5.74, 6) is 0. The molecule has 0 radical (unpaired) electrons. The Balaban J connectivity index is 3.25. The Morgan fingerprint density at radius 2 is 2.00 bits per heavy atom. The van der Waals surface area contributed by atoms with Gasteiger partial charge in [0.15, 0.2) is 0 Å². The minimum absolute atomic E-state index is 0.217. The van der Waals surface area contributed by atoms with Crippen molar-refractivity contribution >= 4 is 15.7 Å². The Morgan fingerprint density at radius 3 is 2.53 bits per heavy atom. The zero-order chi connectivity index (χ0) is 13.2. The third kappa shape index (κ3) is 2.87. The molecule has 0 aromatic heterocycles. The molecule has 17 heavy (non-hydrogen) atoms. The van der Waals surface area contributed by atoms with Crippen molar-refractivity contribution in [1.29, 1.82) is 0 Å². The first-order valence-corrected chi connectivity index (χ1v) is 6.78. The Hall–Kier alpha value is -1.33. The first kappa shape index (κ1) is 13.7. The molecule has 94 valence electrons. The fraction of sp³-hybridized carbons (Fsp3) is 0.333. The van der Waals surface area contributed by atoms with Crippen molar-refractivity contribution in [1.82, 2.24) is 4.72 Å². The lowest BCUT2D eigenvalue weighted by molar-refractivity contribution is 0.575. The summed E-state index contributed by atoms with van der Waals surface area (Å²) in [6.07, 6.45) is 1.53. The van der Waals surface area contributed by atoms with Crippen molar-refractivity contribution in [2.24, 2.45) is 0 Å². The highest BCUT2D eigenvalue weighted by molar-refractivity contribution is 7.89. The van der Waals surface area contributed by atoms with E-state index >= 15 is 0 Å². The van der Waals surface area contributed by atoms with Gasteiger partial charge < -0.3 is 5.73 Å². The summed E-state index contributed by atoms with van der Waals surface area (Å²) < 4.78 is 26.7. The van der Waals surface area contributed by atoms with E-state index in [-0.39, 0.29) is 10.9 Å². The maximum atomic E-state index is 12.1. The second-order valence-electron chi connectivity index (χ2n) is 4.06. The fourth-order valence-corrected chi connectivity index (χ4v) is 2.96. The second kappa shape index (κ2) is 4.89. The molecule has 0 aliphatic carbocycles. The van der Waals surface area contributed by atoms with Crippen LogP contribution in [0.2, 0.25) is 0 Å². The average molecular weight is 254 g/mol. The van der Waals surface area contributed by atoms with E-state index in [9.17, 15) is 8.42 Å². The Kier molecular flexibility index (Phi) is 3.95. The number of hydrogen-bond donors (Lipinski definition) is 2. The molecule has 1 rings (SSSR count). The molecule has 1 unspecified atom stereocenters. The molecule has 4 nitrogen and oxygen atoms in total. The summed E-state index contributed by atoms with van der Waals surface area (Å²) in [6, 6.07) is 2.95. The van der Waals surface area contributed by atoms with Crippen LogP contribution >= 0.6 is 0 Å². The standard InChI is InChI=1S/C12H18N2O2S/c1-5-9(3)14-17(15,16)11-7-6-8(2)12(13)10(11)4/h5-7,9,14H,1,13H2,2-4H3. The third-order valence-electron chi connectivity index (χ3n) is 2.67. The lowest BCUT2D eigenvalue weighted by Crippen LogP contribution is -2.31. The molecule has 1 aromatic carbocycles. The fourth-order valence-electron chi connectivity index (χ4n) is 1.49. The van der Waals surface area contributed by atoms with Gasteiger partial charge >= 0.3 is 0 Å². The van der Waals surface area contributed by atoms with E-state index in [1.807, 2.05) is 6.92 Å². The molecule has 3 N–H and O–H groups in total. The maximum absolute atomic E-state index is 12.1. The summed E-state index contributed by atoms with van der Waals surface area (Å²) in [4.78, 5) is 0.217. The molecule has 0 saturated carbocycles. The number of benzene rings is 1. The van der Waals surface area contributed by atoms with Gasteiger partial charge in [-0.15, -0.1) is 6.58 Å². The molecule has 5 heteroatoms. The average Bonchev–Trinajstić information content (AvgIpc) is 2.24. The summed E-state index contributed by atoms with van der Waals surface area (Å²) >= 11 is 0. The molecule has 0 aliphatic rings. The lowest BCUT2D eigenvalue weighted by Gasteiger charge is -2.14. The number of nitrogen functional groups attached to an aromatic ring is 1. The number of rotatable bonds is 4. The maximum Gasteiger partial charge on any atom is 0.241 e. The normalized spacial score (nSPS) is 13.4. The van der Waals surface area contributed by atoms with Crippen molar-refractivity contribution in [2.45, 2.75) is 31.7 Å². The van der Waals surface area contributed by atoms with Crippen LogP contribution in [0.25, 0.3) is 0 Å². The predicted octanol–water partition coefficient (Wildman–Crippen LogP) is 1.74. The molecule has 0 saturated heterocycles. The highest BCUT2D eigenvalue weighted by Gasteiger charge is 2.19. The number of anilines is 1. The molecule has 1 atom stereocenters. The Bertz CT molecular complexity index is 536. The Morgan fingerprint density at radius 1 is 1.41 bits per heavy atom. The van der Waals surface area contributed by atoms with Gasteiger partial charge in [-0.2, -0.15) is 0 Å². The summed E-state index contributed by atoms with van der Waals surface area (Å²) in [6.45, 7) is 8.81. The van der Waals surface area contributed by atoms with Crippen LogP contribution in [0.15, 0.2) is 29.7 Å². The first-order chi connectivity index (χ1) is 7.79. The second-order valence-corrected chi connectivity index (χ2v) is 5.75. The summed E-state index contributed by atoms with van der Waals surface area (Å²) in [5, 5.41) is 0. The number of sulfonamides is 1. The molecule has 1 aromatic rings. The van der Waals surface area contributed by atoms with Gasteiger partial charge in [0.1, 0.15) is 0 Å². The van der Waals surface area contributed by atoms with Gasteiger partial charge in [0.05, 0.1) is 4.90 Å². The third-order valence-corrected chi connectivity index (χ3v) is 4.37. The minimum atomic E-state index is -3.54. The highest BCUT2D eigenvalue weighted by atomic mass is 32.2. The largest absolute Gasteiger partial charge is 0.398 e. The zero-order valence-electron chi connectivity index (χ0n) is 10.3. The van der Waals surface area contributed by atoms with Gasteiger partial charge in [-0.3, -0.25) is 0 Å². The van der Waals surface area contributed by atoms with Crippen molar-refractivity contribution < 1.29 is 8.42 Å². The van der Waals surface area contributed by atoms with Gasteiger partial charge in [-0.25, -0.2) is 13.1 Å². The number of nitrogens with two attached hydrogens (primary N) is 1. The highest BCUT2D eigenvalue weighted by Crippen LogP contribution is 2.24. The van der Waals surface area contributed by atoms with Crippen molar-refractivity contribution in [3.8, 4) is 0 Å². The zero-order valence-corrected chi connectivity index (χ0v) is 11.1. The van der Waals surface area contributed by atoms with Crippen LogP contribution in [-0.2, 0) is 10.0 Å². The number of hydrogen-bond acceptors (Lipinski definition) is 3. The van der Waals surface area contributed by atoms with Crippen LogP contribution in [0.5, 0.6) is 0 Å². The van der Waals surface area contributed by atoms with Gasteiger partial charge in [0.25, 0.3) is 0 Å². The van der Waals surface area contributed by atoms with E-state index < -0.39 is 10.0 Å².